The number of carbonyl (C=O) groups excluding carboxylic acids is 1. The zero-order chi connectivity index (χ0) is 16.7. The molecule has 1 heterocycles. The monoisotopic (exact) mass is 339 g/mol. The topological polar surface area (TPSA) is 63.2 Å². The highest BCUT2D eigenvalue weighted by molar-refractivity contribution is 7.91. The molecule has 1 aliphatic heterocycles. The third-order valence-corrected chi connectivity index (χ3v) is 7.00. The Bertz CT molecular complexity index is 685. The molecule has 2 unspecified atom stereocenters. The lowest BCUT2D eigenvalue weighted by Gasteiger charge is -2.22. The van der Waals surface area contributed by atoms with Crippen LogP contribution < -0.4 is 5.32 Å². The zero-order valence-corrected chi connectivity index (χ0v) is 14.0. The van der Waals surface area contributed by atoms with Crippen LogP contribution in [0.15, 0.2) is 24.3 Å². The van der Waals surface area contributed by atoms with Gasteiger partial charge in [0.25, 0.3) is 0 Å². The second-order valence-corrected chi connectivity index (χ2v) is 9.27. The van der Waals surface area contributed by atoms with Crippen molar-refractivity contribution in [3.8, 4) is 0 Å². The summed E-state index contributed by atoms with van der Waals surface area (Å²) in [6, 6.07) is 6.31. The number of sulfone groups is 1. The molecule has 1 N–H and O–H groups in total. The quantitative estimate of drug-likeness (QED) is 0.915. The van der Waals surface area contributed by atoms with Gasteiger partial charge in [0.2, 0.25) is 5.91 Å². The average Bonchev–Trinajstić information content (AvgIpc) is 3.23. The van der Waals surface area contributed by atoms with Crippen LogP contribution >= 0.6 is 0 Å². The number of hydrogen-bond acceptors (Lipinski definition) is 3. The van der Waals surface area contributed by atoms with Gasteiger partial charge < -0.3 is 5.32 Å². The Morgan fingerprint density at radius 1 is 1.30 bits per heavy atom. The Kier molecular flexibility index (Phi) is 4.21. The maximum absolute atomic E-state index is 12.9. The molecule has 1 aromatic rings. The van der Waals surface area contributed by atoms with Crippen molar-refractivity contribution < 1.29 is 17.6 Å². The van der Waals surface area contributed by atoms with Gasteiger partial charge in [0, 0.05) is 12.5 Å². The van der Waals surface area contributed by atoms with Gasteiger partial charge in [-0.15, -0.1) is 0 Å². The van der Waals surface area contributed by atoms with Gasteiger partial charge in [0.15, 0.2) is 0 Å². The molecule has 2 aliphatic rings. The van der Waals surface area contributed by atoms with Crippen molar-refractivity contribution in [1.29, 1.82) is 0 Å². The van der Waals surface area contributed by atoms with Crippen LogP contribution in [0.3, 0.4) is 0 Å². The maximum atomic E-state index is 12.9. The van der Waals surface area contributed by atoms with Crippen LogP contribution in [0.5, 0.6) is 0 Å². The van der Waals surface area contributed by atoms with E-state index in [9.17, 15) is 17.6 Å². The predicted molar refractivity (Wildman–Crippen MR) is 86.3 cm³/mol. The van der Waals surface area contributed by atoms with Crippen LogP contribution in [0.2, 0.25) is 0 Å². The molecule has 3 rings (SSSR count). The van der Waals surface area contributed by atoms with E-state index in [2.05, 4.69) is 5.32 Å². The van der Waals surface area contributed by atoms with E-state index < -0.39 is 9.84 Å². The number of benzene rings is 1. The summed E-state index contributed by atoms with van der Waals surface area (Å²) in [5.41, 5.74) is 0.912. The number of halogens is 1. The lowest BCUT2D eigenvalue weighted by molar-refractivity contribution is -0.123. The minimum absolute atomic E-state index is 0.0262. The zero-order valence-electron chi connectivity index (χ0n) is 13.2. The van der Waals surface area contributed by atoms with Crippen LogP contribution in [-0.2, 0) is 14.6 Å². The molecular weight excluding hydrogens is 317 g/mol. The fourth-order valence-electron chi connectivity index (χ4n) is 3.50. The van der Waals surface area contributed by atoms with Crippen molar-refractivity contribution in [3.05, 3.63) is 35.6 Å². The summed E-state index contributed by atoms with van der Waals surface area (Å²) in [4.78, 5) is 12.3. The Morgan fingerprint density at radius 2 is 1.91 bits per heavy atom. The number of amides is 1. The minimum atomic E-state index is -2.89. The first kappa shape index (κ1) is 16.4. The smallest absolute Gasteiger partial charge is 0.223 e. The van der Waals surface area contributed by atoms with Crippen molar-refractivity contribution in [3.63, 3.8) is 0 Å². The Balaban J connectivity index is 1.50. The molecule has 1 spiro atoms. The highest BCUT2D eigenvalue weighted by atomic mass is 32.2. The fourth-order valence-corrected chi connectivity index (χ4v) is 5.14. The van der Waals surface area contributed by atoms with Crippen molar-refractivity contribution in [1.82, 2.24) is 5.32 Å². The molecule has 1 aromatic carbocycles. The highest BCUT2D eigenvalue weighted by Gasteiger charge is 2.59. The molecule has 6 heteroatoms. The normalized spacial score (nSPS) is 25.7. The summed E-state index contributed by atoms with van der Waals surface area (Å²) in [6.07, 6.45) is 2.03. The van der Waals surface area contributed by atoms with E-state index in [-0.39, 0.29) is 40.5 Å². The van der Waals surface area contributed by atoms with Crippen molar-refractivity contribution in [2.45, 2.75) is 32.1 Å². The van der Waals surface area contributed by atoms with Crippen molar-refractivity contribution in [2.75, 3.05) is 18.1 Å². The first-order chi connectivity index (χ1) is 10.8. The summed E-state index contributed by atoms with van der Waals surface area (Å²) < 4.78 is 35.9. The number of hydrogen-bond donors (Lipinski definition) is 1. The summed E-state index contributed by atoms with van der Waals surface area (Å²) in [5.74, 6) is 0.251. The summed E-state index contributed by atoms with van der Waals surface area (Å²) in [7, 11) is -2.89. The van der Waals surface area contributed by atoms with Gasteiger partial charge in [-0.1, -0.05) is 19.1 Å². The third-order valence-electron chi connectivity index (χ3n) is 5.35. The van der Waals surface area contributed by atoms with Gasteiger partial charge in [-0.3, -0.25) is 4.79 Å². The molecule has 1 aliphatic carbocycles. The molecule has 2 atom stereocenters. The van der Waals surface area contributed by atoms with E-state index in [1.807, 2.05) is 6.92 Å². The van der Waals surface area contributed by atoms with Gasteiger partial charge in [-0.2, -0.15) is 0 Å². The van der Waals surface area contributed by atoms with Crippen LogP contribution in [0.4, 0.5) is 4.39 Å². The molecule has 23 heavy (non-hydrogen) atoms. The first-order valence-corrected chi connectivity index (χ1v) is 9.87. The fraction of sp³-hybridized carbons (Fsp3) is 0.588. The first-order valence-electron chi connectivity index (χ1n) is 8.05. The largest absolute Gasteiger partial charge is 0.355 e. The molecule has 0 aromatic heterocycles. The van der Waals surface area contributed by atoms with Crippen LogP contribution in [-0.4, -0.2) is 32.4 Å². The van der Waals surface area contributed by atoms with E-state index in [1.165, 1.54) is 12.1 Å². The lowest BCUT2D eigenvalue weighted by atomic mass is 9.95. The number of carbonyl (C=O) groups is 1. The maximum Gasteiger partial charge on any atom is 0.223 e. The molecule has 1 amide bonds. The van der Waals surface area contributed by atoms with Gasteiger partial charge in [0.05, 0.1) is 11.5 Å². The molecule has 0 bridgehead atoms. The molecule has 4 nitrogen and oxygen atoms in total. The van der Waals surface area contributed by atoms with E-state index >= 15 is 0 Å². The van der Waals surface area contributed by atoms with Crippen molar-refractivity contribution >= 4 is 15.7 Å². The summed E-state index contributed by atoms with van der Waals surface area (Å²) >= 11 is 0. The standard InChI is InChI=1S/C17H22FNO3S/c1-12(13-2-4-14(18)5-3-13)11-19-16(20)15-10-17(15)6-8-23(21,22)9-7-17/h2-5,12,15H,6-11H2,1H3,(H,19,20). The summed E-state index contributed by atoms with van der Waals surface area (Å²) in [5, 5.41) is 2.97. The Labute approximate surface area is 136 Å². The average molecular weight is 339 g/mol. The van der Waals surface area contributed by atoms with Gasteiger partial charge in [0.1, 0.15) is 15.7 Å². The molecular formula is C17H22FNO3S. The Hall–Kier alpha value is -1.43. The van der Waals surface area contributed by atoms with Crippen LogP contribution in [0.1, 0.15) is 37.7 Å². The third kappa shape index (κ3) is 3.57. The highest BCUT2D eigenvalue weighted by Crippen LogP contribution is 2.59. The molecule has 2 fully saturated rings. The summed E-state index contributed by atoms with van der Waals surface area (Å²) in [6.45, 7) is 2.50. The van der Waals surface area contributed by atoms with Crippen LogP contribution in [0.25, 0.3) is 0 Å². The Morgan fingerprint density at radius 3 is 2.52 bits per heavy atom. The predicted octanol–water partition coefficient (Wildman–Crippen LogP) is 2.26. The van der Waals surface area contributed by atoms with Gasteiger partial charge >= 0.3 is 0 Å². The van der Waals surface area contributed by atoms with E-state index in [0.717, 1.165) is 12.0 Å². The second kappa shape index (κ2) is 5.89. The van der Waals surface area contributed by atoms with Gasteiger partial charge in [-0.25, -0.2) is 12.8 Å². The molecule has 1 saturated carbocycles. The molecule has 1 saturated heterocycles. The number of rotatable bonds is 4. The van der Waals surface area contributed by atoms with Crippen LogP contribution in [0, 0.1) is 17.2 Å². The SMILES string of the molecule is CC(CNC(=O)C1CC12CCS(=O)(=O)CC2)c1ccc(F)cc1. The second-order valence-electron chi connectivity index (χ2n) is 6.97. The van der Waals surface area contributed by atoms with E-state index in [4.69, 9.17) is 0 Å². The van der Waals surface area contributed by atoms with E-state index in [0.29, 0.717) is 19.4 Å². The molecule has 126 valence electrons. The minimum Gasteiger partial charge on any atom is -0.355 e. The number of nitrogens with one attached hydrogen (secondary N) is 1. The molecule has 0 radical (unpaired) electrons. The van der Waals surface area contributed by atoms with Crippen molar-refractivity contribution in [2.24, 2.45) is 11.3 Å². The van der Waals surface area contributed by atoms with Gasteiger partial charge in [-0.05, 0) is 48.3 Å². The lowest BCUT2D eigenvalue weighted by Crippen LogP contribution is -2.33. The van der Waals surface area contributed by atoms with E-state index in [1.54, 1.807) is 12.1 Å².